The Morgan fingerprint density at radius 2 is 2.11 bits per heavy atom. The molecule has 4 rings (SSSR count). The second kappa shape index (κ2) is 10.2. The Morgan fingerprint density at radius 3 is 2.72 bits per heavy atom. The van der Waals surface area contributed by atoms with Gasteiger partial charge in [-0.1, -0.05) is 5.16 Å². The van der Waals surface area contributed by atoms with Crippen molar-refractivity contribution in [1.82, 2.24) is 15.2 Å². The molecule has 3 heterocycles. The molecule has 1 aromatic carbocycles. The molecule has 4 N–H and O–H groups in total. The molecule has 0 spiro atoms. The predicted molar refractivity (Wildman–Crippen MR) is 128 cm³/mol. The standard InChI is InChI=1S/C20H18N6O8S2/c1-33-24-13(11-7-36-20(21)22-11)16(28)23-14-17(29)25-15(12(27)8-35-18(14)25)19(30)34-6-9-2-4-10(5-3-9)26(31)32/h2-5,7,14,18,27H,6,8H2,1H3,(H2,21,22)(H,23,28)/b24-13-/t14?,18-/m1/s1. The van der Waals surface area contributed by atoms with E-state index in [0.29, 0.717) is 5.56 Å². The number of hydrogen-bond donors (Lipinski definition) is 3. The van der Waals surface area contributed by atoms with Gasteiger partial charge in [0.2, 0.25) is 0 Å². The van der Waals surface area contributed by atoms with Gasteiger partial charge in [0, 0.05) is 17.5 Å². The Balaban J connectivity index is 1.43. The highest BCUT2D eigenvalue weighted by atomic mass is 32.2. The summed E-state index contributed by atoms with van der Waals surface area (Å²) in [5, 5.41) is 28.3. The number of nitrogens with zero attached hydrogens (tertiary/aromatic N) is 4. The molecular weight excluding hydrogens is 516 g/mol. The fraction of sp³-hybridized carbons (Fsp3) is 0.250. The second-order valence-corrected chi connectivity index (χ2v) is 9.34. The fourth-order valence-corrected chi connectivity index (χ4v) is 5.17. The zero-order valence-corrected chi connectivity index (χ0v) is 20.1. The number of nitrogens with one attached hydrogen (secondary N) is 1. The smallest absolute Gasteiger partial charge is 0.358 e. The highest BCUT2D eigenvalue weighted by molar-refractivity contribution is 8.00. The number of nitro groups is 1. The van der Waals surface area contributed by atoms with Gasteiger partial charge >= 0.3 is 5.97 Å². The van der Waals surface area contributed by atoms with E-state index in [9.17, 15) is 29.6 Å². The molecule has 14 nitrogen and oxygen atoms in total. The maximum absolute atomic E-state index is 12.9. The van der Waals surface area contributed by atoms with Crippen molar-refractivity contribution in [1.29, 1.82) is 0 Å². The number of hydrogen-bond acceptors (Lipinski definition) is 13. The summed E-state index contributed by atoms with van der Waals surface area (Å²) >= 11 is 2.24. The van der Waals surface area contributed by atoms with Gasteiger partial charge in [0.05, 0.1) is 10.7 Å². The average Bonchev–Trinajstić information content (AvgIpc) is 3.29. The number of nitro benzene ring substituents is 1. The number of nitrogens with two attached hydrogens (primary N) is 1. The lowest BCUT2D eigenvalue weighted by atomic mass is 10.0. The molecule has 36 heavy (non-hydrogen) atoms. The molecular formula is C20H18N6O8S2. The van der Waals surface area contributed by atoms with Crippen molar-refractivity contribution in [2.45, 2.75) is 18.0 Å². The number of esters is 1. The molecule has 2 aromatic rings. The molecule has 0 saturated carbocycles. The first kappa shape index (κ1) is 24.9. The summed E-state index contributed by atoms with van der Waals surface area (Å²) in [6.45, 7) is -0.235. The number of β-lactam (4-membered cyclic amide) rings is 1. The summed E-state index contributed by atoms with van der Waals surface area (Å²) in [6.07, 6.45) is 0. The number of amides is 2. The number of carbonyl (C=O) groups is 3. The number of aliphatic hydroxyl groups excluding tert-OH is 1. The van der Waals surface area contributed by atoms with Crippen molar-refractivity contribution in [2.24, 2.45) is 5.16 Å². The summed E-state index contributed by atoms with van der Waals surface area (Å²) < 4.78 is 5.21. The SMILES string of the molecule is CO/N=C(\C(=O)NC1C(=O)N2C(C(=O)OCc3ccc([N+](=O)[O-])cc3)=C(O)CS[C@H]12)c1csc(N)n1. The average molecular weight is 535 g/mol. The fourth-order valence-electron chi connectivity index (χ4n) is 3.43. The molecule has 0 aliphatic carbocycles. The van der Waals surface area contributed by atoms with Crippen LogP contribution in [0.1, 0.15) is 11.3 Å². The van der Waals surface area contributed by atoms with Crippen LogP contribution in [-0.2, 0) is 30.6 Å². The molecule has 188 valence electrons. The molecule has 2 aliphatic rings. The van der Waals surface area contributed by atoms with E-state index < -0.39 is 34.1 Å². The van der Waals surface area contributed by atoms with Gasteiger partial charge in [0.25, 0.3) is 17.5 Å². The molecule has 0 bridgehead atoms. The Labute approximate surface area is 210 Å². The number of aliphatic hydroxyl groups is 1. The third kappa shape index (κ3) is 4.80. The lowest BCUT2D eigenvalue weighted by Gasteiger charge is -2.48. The molecule has 16 heteroatoms. The topological polar surface area (TPSA) is 200 Å². The number of nitrogen functional groups attached to an aromatic ring is 1. The largest absolute Gasteiger partial charge is 0.509 e. The van der Waals surface area contributed by atoms with E-state index in [2.05, 4.69) is 15.5 Å². The number of carbonyl (C=O) groups excluding carboxylic acids is 3. The van der Waals surface area contributed by atoms with Gasteiger partial charge in [0.1, 0.15) is 36.6 Å². The van der Waals surface area contributed by atoms with Crippen LogP contribution in [0.25, 0.3) is 0 Å². The number of oxime groups is 1. The van der Waals surface area contributed by atoms with Crippen molar-refractivity contribution in [3.05, 3.63) is 62.5 Å². The van der Waals surface area contributed by atoms with Gasteiger partial charge < -0.3 is 25.7 Å². The number of ether oxygens (including phenoxy) is 1. The number of benzene rings is 1. The maximum atomic E-state index is 12.9. The molecule has 1 aromatic heterocycles. The van der Waals surface area contributed by atoms with E-state index >= 15 is 0 Å². The number of fused-ring (bicyclic) bond motifs is 1. The molecule has 0 radical (unpaired) electrons. The Bertz CT molecular complexity index is 1290. The van der Waals surface area contributed by atoms with Crippen LogP contribution in [0, 0.1) is 10.1 Å². The third-order valence-electron chi connectivity index (χ3n) is 5.11. The van der Waals surface area contributed by atoms with Crippen LogP contribution in [0.2, 0.25) is 0 Å². The summed E-state index contributed by atoms with van der Waals surface area (Å²) in [6, 6.07) is 4.37. The lowest BCUT2D eigenvalue weighted by molar-refractivity contribution is -0.384. The number of non-ortho nitro benzene ring substituents is 1. The quantitative estimate of drug-likeness (QED) is 0.143. The lowest BCUT2D eigenvalue weighted by Crippen LogP contribution is -2.71. The highest BCUT2D eigenvalue weighted by Gasteiger charge is 2.55. The normalized spacial score (nSPS) is 19.3. The first-order chi connectivity index (χ1) is 17.2. The Hall–Kier alpha value is -4.18. The first-order valence-electron chi connectivity index (χ1n) is 10.1. The zero-order chi connectivity index (χ0) is 26.0. The van der Waals surface area contributed by atoms with Gasteiger partial charge in [0.15, 0.2) is 16.5 Å². The van der Waals surface area contributed by atoms with Gasteiger partial charge in [-0.15, -0.1) is 23.1 Å². The van der Waals surface area contributed by atoms with E-state index in [1.807, 2.05) is 0 Å². The minimum atomic E-state index is -1.01. The Morgan fingerprint density at radius 1 is 1.39 bits per heavy atom. The maximum Gasteiger partial charge on any atom is 0.358 e. The molecule has 2 atom stereocenters. The first-order valence-corrected chi connectivity index (χ1v) is 12.0. The highest BCUT2D eigenvalue weighted by Crippen LogP contribution is 2.40. The van der Waals surface area contributed by atoms with Crippen LogP contribution in [0.4, 0.5) is 10.8 Å². The van der Waals surface area contributed by atoms with Crippen LogP contribution in [0.3, 0.4) is 0 Å². The summed E-state index contributed by atoms with van der Waals surface area (Å²) in [7, 11) is 1.25. The summed E-state index contributed by atoms with van der Waals surface area (Å²) in [4.78, 5) is 58.3. The number of thioether (sulfide) groups is 1. The van der Waals surface area contributed by atoms with Crippen LogP contribution in [0.15, 0.2) is 46.3 Å². The summed E-state index contributed by atoms with van der Waals surface area (Å²) in [5.74, 6) is -2.66. The summed E-state index contributed by atoms with van der Waals surface area (Å²) in [5.41, 5.74) is 5.64. The van der Waals surface area contributed by atoms with Crippen molar-refractivity contribution >= 4 is 57.4 Å². The van der Waals surface area contributed by atoms with Crippen molar-refractivity contribution in [2.75, 3.05) is 18.6 Å². The van der Waals surface area contributed by atoms with Gasteiger partial charge in [-0.2, -0.15) is 0 Å². The minimum absolute atomic E-state index is 0.00438. The molecule has 1 unspecified atom stereocenters. The van der Waals surface area contributed by atoms with Crippen LogP contribution in [-0.4, -0.2) is 67.7 Å². The molecule has 2 amide bonds. The predicted octanol–water partition coefficient (Wildman–Crippen LogP) is 0.897. The van der Waals surface area contributed by atoms with Gasteiger partial charge in [-0.05, 0) is 17.7 Å². The van der Waals surface area contributed by atoms with E-state index in [1.54, 1.807) is 0 Å². The molecule has 1 saturated heterocycles. The van der Waals surface area contributed by atoms with Crippen LogP contribution in [0.5, 0.6) is 0 Å². The van der Waals surface area contributed by atoms with Crippen LogP contribution >= 0.6 is 23.1 Å². The van der Waals surface area contributed by atoms with E-state index in [1.165, 1.54) is 36.8 Å². The molecule has 1 fully saturated rings. The Kier molecular flexibility index (Phi) is 7.07. The van der Waals surface area contributed by atoms with E-state index in [4.69, 9.17) is 15.3 Å². The van der Waals surface area contributed by atoms with Gasteiger partial charge in [-0.25, -0.2) is 9.78 Å². The van der Waals surface area contributed by atoms with E-state index in [-0.39, 0.29) is 46.0 Å². The third-order valence-corrected chi connectivity index (χ3v) is 7.05. The minimum Gasteiger partial charge on any atom is -0.509 e. The monoisotopic (exact) mass is 534 g/mol. The van der Waals surface area contributed by atoms with E-state index in [0.717, 1.165) is 28.0 Å². The van der Waals surface area contributed by atoms with Crippen molar-refractivity contribution in [3.8, 4) is 0 Å². The van der Waals surface area contributed by atoms with Crippen LogP contribution < -0.4 is 11.1 Å². The number of aromatic nitrogens is 1. The van der Waals surface area contributed by atoms with Gasteiger partial charge in [-0.3, -0.25) is 24.6 Å². The molecule has 2 aliphatic heterocycles. The second-order valence-electron chi connectivity index (χ2n) is 7.35. The van der Waals surface area contributed by atoms with Crippen molar-refractivity contribution in [3.63, 3.8) is 0 Å². The number of anilines is 1. The number of rotatable bonds is 8. The zero-order valence-electron chi connectivity index (χ0n) is 18.4. The van der Waals surface area contributed by atoms with Crippen molar-refractivity contribution < 1.29 is 34.0 Å². The number of thiazole rings is 1.